The molecule has 0 saturated heterocycles. The molecule has 0 spiro atoms. The van der Waals surface area contributed by atoms with Crippen LogP contribution in [0, 0.1) is 0 Å². The van der Waals surface area contributed by atoms with Crippen LogP contribution < -0.4 is 15.6 Å². The summed E-state index contributed by atoms with van der Waals surface area (Å²) in [4.78, 5) is 4.14. The van der Waals surface area contributed by atoms with Gasteiger partial charge in [0.15, 0.2) is 8.07 Å². The Kier molecular flexibility index (Phi) is 5.55. The lowest BCUT2D eigenvalue weighted by molar-refractivity contribution is 0.730. The molecule has 7 heteroatoms. The Bertz CT molecular complexity index is 937. The van der Waals surface area contributed by atoms with Gasteiger partial charge in [0.2, 0.25) is 0 Å². The summed E-state index contributed by atoms with van der Waals surface area (Å²) >= 11 is 18.6. The minimum atomic E-state index is -2.51. The van der Waals surface area contributed by atoms with Crippen molar-refractivity contribution in [1.29, 1.82) is 0 Å². The molecule has 4 aromatic rings. The zero-order valence-electron chi connectivity index (χ0n) is 14.8. The van der Waals surface area contributed by atoms with E-state index in [0.29, 0.717) is 21.2 Å². The summed E-state index contributed by atoms with van der Waals surface area (Å²) in [5.41, 5.74) is 0. The molecule has 0 fully saturated rings. The average molecular weight is 445 g/mol. The highest BCUT2D eigenvalue weighted by Gasteiger charge is 2.40. The Morgan fingerprint density at radius 1 is 0.643 bits per heavy atom. The summed E-state index contributed by atoms with van der Waals surface area (Å²) < 4.78 is 1.89. The van der Waals surface area contributed by atoms with Gasteiger partial charge in [-0.25, -0.2) is 4.98 Å². The monoisotopic (exact) mass is 443 g/mol. The topological polar surface area (TPSA) is 30.7 Å². The number of nitrogens with zero attached hydrogens (tertiary/aromatic N) is 3. The van der Waals surface area contributed by atoms with Crippen LogP contribution in [0.1, 0.15) is 0 Å². The molecule has 0 unspecified atom stereocenters. The lowest BCUT2D eigenvalue weighted by atomic mass is 10.3. The average Bonchev–Trinajstić information content (AvgIpc) is 3.21. The van der Waals surface area contributed by atoms with Gasteiger partial charge in [-0.05, 0) is 52.0 Å². The van der Waals surface area contributed by atoms with E-state index in [9.17, 15) is 0 Å². The van der Waals surface area contributed by atoms with E-state index in [2.05, 4.69) is 46.5 Å². The van der Waals surface area contributed by atoms with Gasteiger partial charge in [-0.3, -0.25) is 4.68 Å². The van der Waals surface area contributed by atoms with Crippen LogP contribution in [-0.4, -0.2) is 22.8 Å². The molecule has 3 aromatic carbocycles. The molecule has 4 rings (SSSR count). The number of hydrogen-bond donors (Lipinski definition) is 0. The normalized spacial score (nSPS) is 11.5. The molecule has 0 bridgehead atoms. The SMILES string of the molecule is Clc1ccc([Si](Cn2cncn2)(c2ccc(Cl)cc2)c2ccc(Cl)cc2)cc1. The highest BCUT2D eigenvalue weighted by molar-refractivity contribution is 7.10. The molecule has 0 radical (unpaired) electrons. The van der Waals surface area contributed by atoms with Crippen molar-refractivity contribution in [3.05, 3.63) is 101 Å². The van der Waals surface area contributed by atoms with E-state index in [1.54, 1.807) is 12.7 Å². The Morgan fingerprint density at radius 2 is 1.04 bits per heavy atom. The number of halogens is 3. The zero-order valence-corrected chi connectivity index (χ0v) is 18.0. The van der Waals surface area contributed by atoms with Crippen LogP contribution >= 0.6 is 34.8 Å². The predicted octanol–water partition coefficient (Wildman–Crippen LogP) is 3.95. The predicted molar refractivity (Wildman–Crippen MR) is 119 cm³/mol. The van der Waals surface area contributed by atoms with E-state index in [-0.39, 0.29) is 0 Å². The van der Waals surface area contributed by atoms with Crippen LogP contribution in [0.2, 0.25) is 15.1 Å². The second kappa shape index (κ2) is 8.09. The molecule has 0 aliphatic rings. The molecular weight excluding hydrogens is 429 g/mol. The van der Waals surface area contributed by atoms with Gasteiger partial charge in [0.1, 0.15) is 12.7 Å². The van der Waals surface area contributed by atoms with Crippen LogP contribution in [0.25, 0.3) is 0 Å². The maximum absolute atomic E-state index is 6.19. The first-order valence-electron chi connectivity index (χ1n) is 8.68. The zero-order chi connectivity index (χ0) is 19.6. The Balaban J connectivity index is 2.01. The fourth-order valence-electron chi connectivity index (χ4n) is 3.53. The second-order valence-electron chi connectivity index (χ2n) is 6.52. The molecule has 1 aromatic heterocycles. The van der Waals surface area contributed by atoms with Crippen LogP contribution in [0.4, 0.5) is 0 Å². The lowest BCUT2D eigenvalue weighted by Crippen LogP contribution is -2.69. The van der Waals surface area contributed by atoms with Gasteiger partial charge >= 0.3 is 0 Å². The summed E-state index contributed by atoms with van der Waals surface area (Å²) in [6.45, 7) is 0. The van der Waals surface area contributed by atoms with Crippen molar-refractivity contribution in [1.82, 2.24) is 14.8 Å². The van der Waals surface area contributed by atoms with Crippen molar-refractivity contribution < 1.29 is 0 Å². The van der Waals surface area contributed by atoms with E-state index >= 15 is 0 Å². The quantitative estimate of drug-likeness (QED) is 0.345. The van der Waals surface area contributed by atoms with Crippen LogP contribution in [-0.2, 0) is 6.17 Å². The first-order valence-corrected chi connectivity index (χ1v) is 12.0. The maximum Gasteiger partial charge on any atom is 0.169 e. The van der Waals surface area contributed by atoms with Gasteiger partial charge in [-0.15, -0.1) is 0 Å². The summed E-state index contributed by atoms with van der Waals surface area (Å²) in [5, 5.41) is 10.2. The Hall–Kier alpha value is -2.11. The van der Waals surface area contributed by atoms with E-state index < -0.39 is 8.07 Å². The summed E-state index contributed by atoms with van der Waals surface area (Å²) in [6.07, 6.45) is 4.01. The lowest BCUT2D eigenvalue weighted by Gasteiger charge is -2.33. The van der Waals surface area contributed by atoms with Crippen LogP contribution in [0.15, 0.2) is 85.5 Å². The molecule has 0 aliphatic carbocycles. The number of aromatic nitrogens is 3. The van der Waals surface area contributed by atoms with E-state index in [4.69, 9.17) is 34.8 Å². The van der Waals surface area contributed by atoms with Gasteiger partial charge in [-0.1, -0.05) is 71.2 Å². The van der Waals surface area contributed by atoms with Gasteiger partial charge in [-0.2, -0.15) is 5.10 Å². The molecule has 0 aliphatic heterocycles. The summed E-state index contributed by atoms with van der Waals surface area (Å²) in [7, 11) is -2.51. The number of rotatable bonds is 5. The molecule has 0 amide bonds. The molecule has 28 heavy (non-hydrogen) atoms. The molecular formula is C21H16Cl3N3Si. The fourth-order valence-corrected chi connectivity index (χ4v) is 8.32. The molecule has 0 atom stereocenters. The first kappa shape index (κ1) is 19.2. The molecule has 1 heterocycles. The largest absolute Gasteiger partial charge is 0.255 e. The van der Waals surface area contributed by atoms with Gasteiger partial charge in [0.05, 0.1) is 0 Å². The molecule has 0 N–H and O–H groups in total. The van der Waals surface area contributed by atoms with Crippen molar-refractivity contribution >= 4 is 58.4 Å². The minimum absolute atomic E-state index is 0.692. The van der Waals surface area contributed by atoms with E-state index in [1.807, 2.05) is 41.1 Å². The van der Waals surface area contributed by atoms with Gasteiger partial charge in [0.25, 0.3) is 0 Å². The number of benzene rings is 3. The minimum Gasteiger partial charge on any atom is -0.255 e. The third-order valence-corrected chi connectivity index (χ3v) is 10.4. The van der Waals surface area contributed by atoms with E-state index in [1.165, 1.54) is 15.6 Å². The third-order valence-electron chi connectivity index (χ3n) is 4.88. The molecule has 0 saturated carbocycles. The smallest absolute Gasteiger partial charge is 0.169 e. The fraction of sp³-hybridized carbons (Fsp3) is 0.0476. The van der Waals surface area contributed by atoms with Crippen molar-refractivity contribution in [3.63, 3.8) is 0 Å². The standard InChI is InChI=1S/C21H16Cl3N3Si/c22-16-1-7-19(8-2-16)28(15-27-14-25-13-26-27,20-9-3-17(23)4-10-20)21-11-5-18(24)6-12-21/h1-14H,15H2. The Morgan fingerprint density at radius 3 is 1.36 bits per heavy atom. The van der Waals surface area contributed by atoms with Crippen molar-refractivity contribution in [2.75, 3.05) is 0 Å². The van der Waals surface area contributed by atoms with Crippen molar-refractivity contribution in [2.24, 2.45) is 0 Å². The maximum atomic E-state index is 6.19. The van der Waals surface area contributed by atoms with Gasteiger partial charge in [0, 0.05) is 21.2 Å². The second-order valence-corrected chi connectivity index (χ2v) is 11.7. The Labute approximate surface area is 179 Å². The molecule has 3 nitrogen and oxygen atoms in total. The van der Waals surface area contributed by atoms with Crippen LogP contribution in [0.3, 0.4) is 0 Å². The highest BCUT2D eigenvalue weighted by atomic mass is 35.5. The first-order chi connectivity index (χ1) is 13.6. The van der Waals surface area contributed by atoms with E-state index in [0.717, 1.165) is 0 Å². The van der Waals surface area contributed by atoms with Crippen molar-refractivity contribution in [2.45, 2.75) is 6.17 Å². The summed E-state index contributed by atoms with van der Waals surface area (Å²) in [6, 6.07) is 24.3. The third kappa shape index (κ3) is 3.73. The summed E-state index contributed by atoms with van der Waals surface area (Å²) in [5.74, 6) is 0. The van der Waals surface area contributed by atoms with Gasteiger partial charge < -0.3 is 0 Å². The highest BCUT2D eigenvalue weighted by Crippen LogP contribution is 2.16. The van der Waals surface area contributed by atoms with Crippen molar-refractivity contribution in [3.8, 4) is 0 Å². The van der Waals surface area contributed by atoms with Crippen LogP contribution in [0.5, 0.6) is 0 Å². The molecule has 140 valence electrons. The number of hydrogen-bond acceptors (Lipinski definition) is 2.